The molecule has 0 bridgehead atoms. The lowest BCUT2D eigenvalue weighted by atomic mass is 10.1. The number of benzene rings is 1. The summed E-state index contributed by atoms with van der Waals surface area (Å²) in [7, 11) is 0. The molecule has 0 aromatic heterocycles. The van der Waals surface area contributed by atoms with Gasteiger partial charge in [0.15, 0.2) is 0 Å². The molecule has 0 atom stereocenters. The smallest absolute Gasteiger partial charge is 0.315 e. The summed E-state index contributed by atoms with van der Waals surface area (Å²) in [6, 6.07) is 7.43. The largest absolute Gasteiger partial charge is 0.491 e. The molecule has 100 valence electrons. The van der Waals surface area contributed by atoms with E-state index in [9.17, 15) is 4.79 Å². The van der Waals surface area contributed by atoms with Crippen LogP contribution in [0, 0.1) is 0 Å². The highest BCUT2D eigenvalue weighted by Gasteiger charge is 2.12. The summed E-state index contributed by atoms with van der Waals surface area (Å²) in [6.07, 6.45) is 0. The van der Waals surface area contributed by atoms with Crippen molar-refractivity contribution >= 4 is 22.0 Å². The van der Waals surface area contributed by atoms with E-state index in [1.54, 1.807) is 0 Å². The van der Waals surface area contributed by atoms with Crippen molar-refractivity contribution in [1.29, 1.82) is 0 Å². The lowest BCUT2D eigenvalue weighted by molar-refractivity contribution is 0.228. The van der Waals surface area contributed by atoms with Crippen molar-refractivity contribution in [2.45, 2.75) is 26.3 Å². The summed E-state index contributed by atoms with van der Waals surface area (Å²) in [6.45, 7) is 6.70. The second-order valence-corrected chi connectivity index (χ2v) is 5.76. The lowest BCUT2D eigenvalue weighted by Crippen LogP contribution is -2.47. The van der Waals surface area contributed by atoms with Gasteiger partial charge in [0.1, 0.15) is 12.4 Å². The lowest BCUT2D eigenvalue weighted by Gasteiger charge is -2.20. The van der Waals surface area contributed by atoms with Gasteiger partial charge in [-0.05, 0) is 48.8 Å². The Kier molecular flexibility index (Phi) is 5.47. The molecule has 1 aromatic carbocycles. The normalized spacial score (nSPS) is 10.9. The van der Waals surface area contributed by atoms with E-state index in [1.807, 2.05) is 45.0 Å². The second-order valence-electron chi connectivity index (χ2n) is 4.91. The van der Waals surface area contributed by atoms with Gasteiger partial charge in [0.05, 0.1) is 11.0 Å². The average molecular weight is 315 g/mol. The fourth-order valence-corrected chi connectivity index (χ4v) is 1.67. The molecule has 1 aromatic rings. The molecular weight excluding hydrogens is 296 g/mol. The van der Waals surface area contributed by atoms with Crippen LogP contribution in [-0.4, -0.2) is 24.7 Å². The molecule has 0 heterocycles. The predicted molar refractivity (Wildman–Crippen MR) is 75.9 cm³/mol. The van der Waals surface area contributed by atoms with E-state index in [1.165, 1.54) is 0 Å². The summed E-state index contributed by atoms with van der Waals surface area (Å²) >= 11 is 3.39. The first-order valence-corrected chi connectivity index (χ1v) is 6.61. The van der Waals surface area contributed by atoms with Gasteiger partial charge in [0, 0.05) is 5.54 Å². The van der Waals surface area contributed by atoms with Crippen molar-refractivity contribution in [2.75, 3.05) is 13.2 Å². The Labute approximate surface area is 116 Å². The maximum Gasteiger partial charge on any atom is 0.315 e. The number of rotatable bonds is 4. The summed E-state index contributed by atoms with van der Waals surface area (Å²) < 4.78 is 6.43. The van der Waals surface area contributed by atoms with Crippen molar-refractivity contribution in [3.63, 3.8) is 0 Å². The number of ether oxygens (including phenoxy) is 1. The highest BCUT2D eigenvalue weighted by atomic mass is 79.9. The zero-order chi connectivity index (χ0) is 13.6. The number of carbonyl (C=O) groups excluding carboxylic acids is 1. The third kappa shape index (κ3) is 5.91. The van der Waals surface area contributed by atoms with Gasteiger partial charge in [-0.1, -0.05) is 12.1 Å². The molecule has 0 aliphatic carbocycles. The third-order valence-electron chi connectivity index (χ3n) is 1.97. The number of carbonyl (C=O) groups is 1. The number of halogens is 1. The summed E-state index contributed by atoms with van der Waals surface area (Å²) in [5.41, 5.74) is -0.229. The molecule has 0 fully saturated rings. The van der Waals surface area contributed by atoms with Gasteiger partial charge in [-0.25, -0.2) is 4.79 Å². The molecule has 4 nitrogen and oxygen atoms in total. The van der Waals surface area contributed by atoms with Crippen molar-refractivity contribution < 1.29 is 9.53 Å². The van der Waals surface area contributed by atoms with Crippen LogP contribution in [-0.2, 0) is 0 Å². The molecule has 0 saturated heterocycles. The minimum absolute atomic E-state index is 0.182. The van der Waals surface area contributed by atoms with Crippen molar-refractivity contribution in [2.24, 2.45) is 0 Å². The van der Waals surface area contributed by atoms with Gasteiger partial charge in [-0.2, -0.15) is 0 Å². The molecule has 2 amide bonds. The van der Waals surface area contributed by atoms with E-state index < -0.39 is 0 Å². The SMILES string of the molecule is CC(C)(C)NC(=O)NCCOc1ccccc1Br. The zero-order valence-electron chi connectivity index (χ0n) is 10.9. The van der Waals surface area contributed by atoms with Gasteiger partial charge >= 0.3 is 6.03 Å². The van der Waals surface area contributed by atoms with Crippen LogP contribution < -0.4 is 15.4 Å². The van der Waals surface area contributed by atoms with Gasteiger partial charge in [-0.15, -0.1) is 0 Å². The maximum absolute atomic E-state index is 11.4. The molecule has 0 unspecified atom stereocenters. The van der Waals surface area contributed by atoms with Gasteiger partial charge in [-0.3, -0.25) is 0 Å². The Morgan fingerprint density at radius 2 is 2.00 bits per heavy atom. The number of para-hydroxylation sites is 1. The summed E-state index contributed by atoms with van der Waals surface area (Å²) in [4.78, 5) is 11.4. The van der Waals surface area contributed by atoms with Crippen molar-refractivity contribution in [1.82, 2.24) is 10.6 Å². The van der Waals surface area contributed by atoms with Gasteiger partial charge in [0.25, 0.3) is 0 Å². The molecule has 5 heteroatoms. The quantitative estimate of drug-likeness (QED) is 0.840. The topological polar surface area (TPSA) is 50.4 Å². The fraction of sp³-hybridized carbons (Fsp3) is 0.462. The highest BCUT2D eigenvalue weighted by molar-refractivity contribution is 9.10. The first-order chi connectivity index (χ1) is 8.38. The van der Waals surface area contributed by atoms with Crippen LogP contribution in [0.4, 0.5) is 4.79 Å². The van der Waals surface area contributed by atoms with Crippen LogP contribution in [0.15, 0.2) is 28.7 Å². The average Bonchev–Trinajstić information content (AvgIpc) is 2.24. The first kappa shape index (κ1) is 14.8. The predicted octanol–water partition coefficient (Wildman–Crippen LogP) is 2.93. The minimum atomic E-state index is -0.229. The minimum Gasteiger partial charge on any atom is -0.491 e. The van der Waals surface area contributed by atoms with E-state index in [-0.39, 0.29) is 11.6 Å². The van der Waals surface area contributed by atoms with Gasteiger partial charge in [0.2, 0.25) is 0 Å². The number of urea groups is 1. The monoisotopic (exact) mass is 314 g/mol. The van der Waals surface area contributed by atoms with Crippen molar-refractivity contribution in [3.05, 3.63) is 28.7 Å². The maximum atomic E-state index is 11.4. The molecule has 0 radical (unpaired) electrons. The molecule has 0 aliphatic heterocycles. The molecule has 0 spiro atoms. The van der Waals surface area contributed by atoms with E-state index in [2.05, 4.69) is 26.6 Å². The Balaban J connectivity index is 2.23. The molecular formula is C13H19BrN2O2. The van der Waals surface area contributed by atoms with Gasteiger partial charge < -0.3 is 15.4 Å². The first-order valence-electron chi connectivity index (χ1n) is 5.82. The van der Waals surface area contributed by atoms with E-state index in [0.29, 0.717) is 13.2 Å². The number of hydrogen-bond donors (Lipinski definition) is 2. The van der Waals surface area contributed by atoms with E-state index in [0.717, 1.165) is 10.2 Å². The Bertz CT molecular complexity index is 402. The van der Waals surface area contributed by atoms with E-state index >= 15 is 0 Å². The van der Waals surface area contributed by atoms with E-state index in [4.69, 9.17) is 4.74 Å². The molecule has 0 saturated carbocycles. The van der Waals surface area contributed by atoms with Crippen LogP contribution in [0.25, 0.3) is 0 Å². The fourth-order valence-electron chi connectivity index (χ4n) is 1.27. The molecule has 0 aliphatic rings. The second kappa shape index (κ2) is 6.64. The van der Waals surface area contributed by atoms with Crippen molar-refractivity contribution in [3.8, 4) is 5.75 Å². The Morgan fingerprint density at radius 1 is 1.33 bits per heavy atom. The zero-order valence-corrected chi connectivity index (χ0v) is 12.5. The van der Waals surface area contributed by atoms with Crippen LogP contribution in [0.3, 0.4) is 0 Å². The molecule has 1 rings (SSSR count). The van der Waals surface area contributed by atoms with Crippen LogP contribution >= 0.6 is 15.9 Å². The Morgan fingerprint density at radius 3 is 2.61 bits per heavy atom. The molecule has 18 heavy (non-hydrogen) atoms. The van der Waals surface area contributed by atoms with Crippen LogP contribution in [0.2, 0.25) is 0 Å². The standard InChI is InChI=1S/C13H19BrN2O2/c1-13(2,3)16-12(17)15-8-9-18-11-7-5-4-6-10(11)14/h4-7H,8-9H2,1-3H3,(H2,15,16,17). The van der Waals surface area contributed by atoms with Crippen LogP contribution in [0.5, 0.6) is 5.75 Å². The number of hydrogen-bond acceptors (Lipinski definition) is 2. The summed E-state index contributed by atoms with van der Waals surface area (Å²) in [5, 5.41) is 5.55. The highest BCUT2D eigenvalue weighted by Crippen LogP contribution is 2.23. The molecule has 2 N–H and O–H groups in total. The number of nitrogens with one attached hydrogen (secondary N) is 2. The number of amides is 2. The summed E-state index contributed by atoms with van der Waals surface area (Å²) in [5.74, 6) is 0.774. The Hall–Kier alpha value is -1.23. The van der Waals surface area contributed by atoms with Crippen LogP contribution in [0.1, 0.15) is 20.8 Å². The third-order valence-corrected chi connectivity index (χ3v) is 2.63.